The summed E-state index contributed by atoms with van der Waals surface area (Å²) in [6, 6.07) is 2.14. The molecule has 0 spiro atoms. The van der Waals surface area contributed by atoms with Crippen LogP contribution in [0.2, 0.25) is 0 Å². The van der Waals surface area contributed by atoms with Crippen LogP contribution in [-0.4, -0.2) is 18.5 Å². The van der Waals surface area contributed by atoms with Gasteiger partial charge in [-0.25, -0.2) is 0 Å². The molecule has 4 heteroatoms. The number of rotatable bonds is 3. The molecule has 2 rings (SSSR count). The molecule has 0 N–H and O–H groups in total. The third-order valence-electron chi connectivity index (χ3n) is 3.06. The molecule has 0 saturated carbocycles. The van der Waals surface area contributed by atoms with Crippen molar-refractivity contribution in [2.24, 2.45) is 5.41 Å². The molecule has 0 aromatic carbocycles. The zero-order valence-electron chi connectivity index (χ0n) is 8.47. The first-order chi connectivity index (χ1) is 7.26. The Kier molecular flexibility index (Phi) is 4.27. The molecule has 0 bridgehead atoms. The Morgan fingerprint density at radius 1 is 1.40 bits per heavy atom. The minimum atomic E-state index is 0.408. The summed E-state index contributed by atoms with van der Waals surface area (Å²) in [6.07, 6.45) is 3.50. The molecule has 1 aliphatic heterocycles. The summed E-state index contributed by atoms with van der Waals surface area (Å²) in [5, 5.41) is 3.23. The predicted molar refractivity (Wildman–Crippen MR) is 72.0 cm³/mol. The Balaban J connectivity index is 2.10. The van der Waals surface area contributed by atoms with Crippen LogP contribution in [0.3, 0.4) is 0 Å². The summed E-state index contributed by atoms with van der Waals surface area (Å²) in [4.78, 5) is 1.47. The fourth-order valence-electron chi connectivity index (χ4n) is 1.95. The van der Waals surface area contributed by atoms with Crippen LogP contribution in [0.1, 0.15) is 17.7 Å². The predicted octanol–water partition coefficient (Wildman–Crippen LogP) is 4.24. The van der Waals surface area contributed by atoms with E-state index in [9.17, 15) is 0 Å². The molecule has 1 aromatic heterocycles. The molecular formula is C11H14Br2OS. The lowest BCUT2D eigenvalue weighted by Gasteiger charge is -2.35. The number of hydrogen-bond acceptors (Lipinski definition) is 2. The fourth-order valence-corrected chi connectivity index (χ4v) is 4.38. The molecule has 1 saturated heterocycles. The molecule has 0 aliphatic carbocycles. The average molecular weight is 354 g/mol. The number of halogens is 2. The van der Waals surface area contributed by atoms with Gasteiger partial charge in [-0.05, 0) is 52.1 Å². The van der Waals surface area contributed by atoms with Gasteiger partial charge in [-0.15, -0.1) is 11.3 Å². The SMILES string of the molecule is BrCC1(Cc2sccc2Br)CCOCC1. The van der Waals surface area contributed by atoms with Gasteiger partial charge >= 0.3 is 0 Å². The minimum absolute atomic E-state index is 0.408. The van der Waals surface area contributed by atoms with E-state index in [0.29, 0.717) is 5.41 Å². The summed E-state index contributed by atoms with van der Waals surface area (Å²) in [5.41, 5.74) is 0.408. The van der Waals surface area contributed by atoms with Crippen molar-refractivity contribution in [1.29, 1.82) is 0 Å². The van der Waals surface area contributed by atoms with E-state index in [1.165, 1.54) is 28.6 Å². The van der Waals surface area contributed by atoms with Gasteiger partial charge in [0.2, 0.25) is 0 Å². The van der Waals surface area contributed by atoms with Crippen molar-refractivity contribution < 1.29 is 4.74 Å². The van der Waals surface area contributed by atoms with E-state index in [-0.39, 0.29) is 0 Å². The molecule has 1 nitrogen and oxygen atoms in total. The Morgan fingerprint density at radius 3 is 2.67 bits per heavy atom. The van der Waals surface area contributed by atoms with Crippen LogP contribution in [-0.2, 0) is 11.2 Å². The van der Waals surface area contributed by atoms with Gasteiger partial charge in [-0.1, -0.05) is 15.9 Å². The maximum Gasteiger partial charge on any atom is 0.0471 e. The highest BCUT2D eigenvalue weighted by Gasteiger charge is 2.32. The molecule has 1 aromatic rings. The van der Waals surface area contributed by atoms with E-state index in [4.69, 9.17) is 4.74 Å². The largest absolute Gasteiger partial charge is 0.381 e. The van der Waals surface area contributed by atoms with Crippen molar-refractivity contribution >= 4 is 43.2 Å². The van der Waals surface area contributed by atoms with Crippen LogP contribution in [0, 0.1) is 5.41 Å². The highest BCUT2D eigenvalue weighted by Crippen LogP contribution is 2.39. The zero-order valence-corrected chi connectivity index (χ0v) is 12.5. The molecule has 2 heterocycles. The quantitative estimate of drug-likeness (QED) is 0.738. The van der Waals surface area contributed by atoms with E-state index in [1.54, 1.807) is 0 Å². The van der Waals surface area contributed by atoms with E-state index >= 15 is 0 Å². The van der Waals surface area contributed by atoms with Crippen molar-refractivity contribution in [1.82, 2.24) is 0 Å². The van der Waals surface area contributed by atoms with Gasteiger partial charge in [0.15, 0.2) is 0 Å². The van der Waals surface area contributed by atoms with Crippen LogP contribution < -0.4 is 0 Å². The van der Waals surface area contributed by atoms with Gasteiger partial charge < -0.3 is 4.74 Å². The van der Waals surface area contributed by atoms with E-state index in [1.807, 2.05) is 11.3 Å². The van der Waals surface area contributed by atoms with Gasteiger partial charge in [0.1, 0.15) is 0 Å². The first-order valence-corrected chi connectivity index (χ1v) is 7.91. The van der Waals surface area contributed by atoms with E-state index in [0.717, 1.165) is 18.5 Å². The molecule has 1 fully saturated rings. The second-order valence-corrected chi connectivity index (χ2v) is 6.53. The third-order valence-corrected chi connectivity index (χ3v) is 6.18. The van der Waals surface area contributed by atoms with Crippen LogP contribution in [0.4, 0.5) is 0 Å². The van der Waals surface area contributed by atoms with Gasteiger partial charge in [-0.3, -0.25) is 0 Å². The van der Waals surface area contributed by atoms with Gasteiger partial charge in [0, 0.05) is 27.9 Å². The van der Waals surface area contributed by atoms with Gasteiger partial charge in [-0.2, -0.15) is 0 Å². The normalized spacial score (nSPS) is 20.4. The number of alkyl halides is 1. The highest BCUT2D eigenvalue weighted by atomic mass is 79.9. The van der Waals surface area contributed by atoms with Crippen molar-refractivity contribution in [3.05, 3.63) is 20.8 Å². The van der Waals surface area contributed by atoms with Crippen molar-refractivity contribution in [2.75, 3.05) is 18.5 Å². The molecule has 84 valence electrons. The Hall–Kier alpha value is 0.620. The summed E-state index contributed by atoms with van der Waals surface area (Å²) >= 11 is 9.13. The maximum atomic E-state index is 5.45. The number of thiophene rings is 1. The minimum Gasteiger partial charge on any atom is -0.381 e. The monoisotopic (exact) mass is 352 g/mol. The summed E-state index contributed by atoms with van der Waals surface area (Å²) in [6.45, 7) is 1.82. The molecule has 0 atom stereocenters. The smallest absolute Gasteiger partial charge is 0.0471 e. The standard InChI is InChI=1S/C11H14Br2OS/c12-8-11(2-4-14-5-3-11)7-10-9(13)1-6-15-10/h1,6H,2-5,7-8H2. The summed E-state index contributed by atoms with van der Waals surface area (Å²) in [5.74, 6) is 0. The van der Waals surface area contributed by atoms with Crippen LogP contribution in [0.15, 0.2) is 15.9 Å². The lowest BCUT2D eigenvalue weighted by Crippen LogP contribution is -2.33. The van der Waals surface area contributed by atoms with Gasteiger partial charge in [0.25, 0.3) is 0 Å². The molecule has 0 amide bonds. The number of hydrogen-bond donors (Lipinski definition) is 0. The first-order valence-electron chi connectivity index (χ1n) is 5.11. The number of ether oxygens (including phenoxy) is 1. The summed E-state index contributed by atoms with van der Waals surface area (Å²) in [7, 11) is 0. The van der Waals surface area contributed by atoms with E-state index < -0.39 is 0 Å². The molecule has 15 heavy (non-hydrogen) atoms. The fraction of sp³-hybridized carbons (Fsp3) is 0.636. The lowest BCUT2D eigenvalue weighted by atomic mass is 9.79. The van der Waals surface area contributed by atoms with Crippen molar-refractivity contribution in [3.63, 3.8) is 0 Å². The Labute approximate surface area is 111 Å². The third kappa shape index (κ3) is 2.84. The molecule has 0 unspecified atom stereocenters. The Morgan fingerprint density at radius 2 is 2.13 bits per heavy atom. The lowest BCUT2D eigenvalue weighted by molar-refractivity contribution is 0.0272. The van der Waals surface area contributed by atoms with Crippen molar-refractivity contribution in [3.8, 4) is 0 Å². The van der Waals surface area contributed by atoms with Crippen LogP contribution >= 0.6 is 43.2 Å². The zero-order chi connectivity index (χ0) is 10.7. The molecular weight excluding hydrogens is 340 g/mol. The second-order valence-electron chi connectivity index (χ2n) is 4.11. The maximum absolute atomic E-state index is 5.45. The Bertz CT molecular complexity index is 318. The van der Waals surface area contributed by atoms with Crippen molar-refractivity contribution in [2.45, 2.75) is 19.3 Å². The first kappa shape index (κ1) is 12.1. The van der Waals surface area contributed by atoms with E-state index in [2.05, 4.69) is 43.3 Å². The highest BCUT2D eigenvalue weighted by molar-refractivity contribution is 9.10. The topological polar surface area (TPSA) is 9.23 Å². The average Bonchev–Trinajstić information content (AvgIpc) is 2.66. The van der Waals surface area contributed by atoms with Crippen LogP contribution in [0.25, 0.3) is 0 Å². The summed E-state index contributed by atoms with van der Waals surface area (Å²) < 4.78 is 6.71. The molecule has 1 aliphatic rings. The van der Waals surface area contributed by atoms with Crippen LogP contribution in [0.5, 0.6) is 0 Å². The second kappa shape index (κ2) is 5.30. The van der Waals surface area contributed by atoms with Gasteiger partial charge in [0.05, 0.1) is 0 Å². The molecule has 0 radical (unpaired) electrons.